The summed E-state index contributed by atoms with van der Waals surface area (Å²) < 4.78 is 36.3. The summed E-state index contributed by atoms with van der Waals surface area (Å²) in [4.78, 5) is 0.277. The number of phenolic OH excluding ortho intramolecular Hbond substituents is 1. The van der Waals surface area contributed by atoms with Gasteiger partial charge in [0.2, 0.25) is 0 Å². The molecule has 0 aliphatic rings. The maximum atomic E-state index is 12.1. The first-order valence-corrected chi connectivity index (χ1v) is 3.95. The van der Waals surface area contributed by atoms with Gasteiger partial charge in [-0.25, -0.2) is 4.90 Å². The topological polar surface area (TPSA) is 23.5 Å². The van der Waals surface area contributed by atoms with E-state index in [4.69, 9.17) is 5.11 Å². The average molecular weight is 205 g/mol. The highest BCUT2D eigenvalue weighted by Gasteiger charge is 2.33. The second kappa shape index (κ2) is 3.88. The Labute approximate surface area is 79.6 Å². The van der Waals surface area contributed by atoms with E-state index in [0.29, 0.717) is 5.56 Å². The largest absolute Gasteiger partial charge is 0.508 e. The van der Waals surface area contributed by atoms with Crippen LogP contribution in [0.5, 0.6) is 5.75 Å². The van der Waals surface area contributed by atoms with E-state index in [9.17, 15) is 13.2 Å². The number of alkyl halides is 3. The monoisotopic (exact) mass is 205 g/mol. The fourth-order valence-electron chi connectivity index (χ4n) is 0.965. The smallest absolute Gasteiger partial charge is 0.459 e. The molecular weight excluding hydrogens is 195 g/mol. The molecule has 0 atom stereocenters. The van der Waals surface area contributed by atoms with Crippen LogP contribution in [-0.4, -0.2) is 23.4 Å². The first-order valence-electron chi connectivity index (χ1n) is 3.95. The van der Waals surface area contributed by atoms with Gasteiger partial charge in [-0.3, -0.25) is 0 Å². The van der Waals surface area contributed by atoms with Gasteiger partial charge in [-0.15, -0.1) is 0 Å². The Morgan fingerprint density at radius 3 is 2.14 bits per heavy atom. The molecule has 0 saturated heterocycles. The SMILES string of the molecule is CN(Cc1ccc(O)cc1)C(F)(F)F. The summed E-state index contributed by atoms with van der Waals surface area (Å²) >= 11 is 0. The third kappa shape index (κ3) is 2.92. The number of hydrogen-bond acceptors (Lipinski definition) is 2. The van der Waals surface area contributed by atoms with Crippen LogP contribution < -0.4 is 0 Å². The van der Waals surface area contributed by atoms with Gasteiger partial charge in [-0.05, 0) is 24.7 Å². The van der Waals surface area contributed by atoms with E-state index in [-0.39, 0.29) is 17.2 Å². The zero-order chi connectivity index (χ0) is 10.8. The van der Waals surface area contributed by atoms with Crippen molar-refractivity contribution in [2.24, 2.45) is 0 Å². The number of benzene rings is 1. The fraction of sp³-hybridized carbons (Fsp3) is 0.333. The number of phenols is 1. The molecule has 1 rings (SSSR count). The van der Waals surface area contributed by atoms with Crippen molar-refractivity contribution in [3.05, 3.63) is 29.8 Å². The number of hydrogen-bond donors (Lipinski definition) is 1. The first-order chi connectivity index (χ1) is 6.39. The van der Waals surface area contributed by atoms with Crippen molar-refractivity contribution in [2.75, 3.05) is 7.05 Å². The molecule has 0 amide bonds. The Morgan fingerprint density at radius 2 is 1.71 bits per heavy atom. The minimum absolute atomic E-state index is 0.0448. The summed E-state index contributed by atoms with van der Waals surface area (Å²) in [5, 5.41) is 8.91. The van der Waals surface area contributed by atoms with Crippen LogP contribution in [0.2, 0.25) is 0 Å². The Hall–Kier alpha value is -1.23. The van der Waals surface area contributed by atoms with Gasteiger partial charge in [-0.2, -0.15) is 13.2 Å². The molecule has 0 heterocycles. The lowest BCUT2D eigenvalue weighted by Gasteiger charge is -2.19. The predicted octanol–water partition coefficient (Wildman–Crippen LogP) is 2.34. The molecule has 14 heavy (non-hydrogen) atoms. The Morgan fingerprint density at radius 1 is 1.21 bits per heavy atom. The molecule has 78 valence electrons. The highest BCUT2D eigenvalue weighted by molar-refractivity contribution is 5.25. The third-order valence-electron chi connectivity index (χ3n) is 1.79. The van der Waals surface area contributed by atoms with E-state index in [1.807, 2.05) is 0 Å². The minimum Gasteiger partial charge on any atom is -0.508 e. The lowest BCUT2D eigenvalue weighted by molar-refractivity contribution is -0.240. The third-order valence-corrected chi connectivity index (χ3v) is 1.79. The van der Waals surface area contributed by atoms with Crippen LogP contribution in [0.3, 0.4) is 0 Å². The van der Waals surface area contributed by atoms with Crippen LogP contribution >= 0.6 is 0 Å². The summed E-state index contributed by atoms with van der Waals surface area (Å²) in [6.45, 7) is -0.218. The van der Waals surface area contributed by atoms with Crippen molar-refractivity contribution in [1.29, 1.82) is 0 Å². The standard InChI is InChI=1S/C9H10F3NO/c1-13(9(10,11)12)6-7-2-4-8(14)5-3-7/h2-5,14H,6H2,1H3. The van der Waals surface area contributed by atoms with Gasteiger partial charge in [-0.1, -0.05) is 12.1 Å². The van der Waals surface area contributed by atoms with Gasteiger partial charge in [0.1, 0.15) is 5.75 Å². The fourth-order valence-corrected chi connectivity index (χ4v) is 0.965. The van der Waals surface area contributed by atoms with Gasteiger partial charge < -0.3 is 5.11 Å². The lowest BCUT2D eigenvalue weighted by Crippen LogP contribution is -2.33. The van der Waals surface area contributed by atoms with Crippen LogP contribution in [0.4, 0.5) is 13.2 Å². The van der Waals surface area contributed by atoms with Crippen molar-refractivity contribution >= 4 is 0 Å². The van der Waals surface area contributed by atoms with Gasteiger partial charge in [0, 0.05) is 6.54 Å². The lowest BCUT2D eigenvalue weighted by atomic mass is 10.2. The van der Waals surface area contributed by atoms with E-state index in [0.717, 1.165) is 7.05 Å². The Bertz CT molecular complexity index is 294. The van der Waals surface area contributed by atoms with Crippen LogP contribution in [0.1, 0.15) is 5.56 Å². The molecule has 5 heteroatoms. The summed E-state index contributed by atoms with van der Waals surface area (Å²) in [5.41, 5.74) is 0.502. The van der Waals surface area contributed by atoms with E-state index >= 15 is 0 Å². The maximum absolute atomic E-state index is 12.1. The zero-order valence-electron chi connectivity index (χ0n) is 7.54. The molecule has 0 aromatic heterocycles. The molecule has 2 nitrogen and oxygen atoms in total. The Kier molecular flexibility index (Phi) is 3.00. The van der Waals surface area contributed by atoms with Crippen molar-refractivity contribution in [3.8, 4) is 5.75 Å². The molecule has 0 unspecified atom stereocenters. The highest BCUT2D eigenvalue weighted by Crippen LogP contribution is 2.21. The van der Waals surface area contributed by atoms with Gasteiger partial charge >= 0.3 is 6.30 Å². The van der Waals surface area contributed by atoms with Crippen LogP contribution in [-0.2, 0) is 6.54 Å². The van der Waals surface area contributed by atoms with E-state index < -0.39 is 6.30 Å². The number of halogens is 3. The second-order valence-electron chi connectivity index (χ2n) is 2.99. The summed E-state index contributed by atoms with van der Waals surface area (Å²) in [5.74, 6) is 0.0448. The molecule has 0 fully saturated rings. The number of nitrogens with zero attached hydrogens (tertiary/aromatic N) is 1. The highest BCUT2D eigenvalue weighted by atomic mass is 19.4. The Balaban J connectivity index is 2.65. The van der Waals surface area contributed by atoms with E-state index in [1.54, 1.807) is 0 Å². The average Bonchev–Trinajstić information content (AvgIpc) is 2.07. The molecule has 1 N–H and O–H groups in total. The number of aromatic hydroxyl groups is 1. The van der Waals surface area contributed by atoms with Crippen LogP contribution in [0, 0.1) is 0 Å². The van der Waals surface area contributed by atoms with E-state index in [1.165, 1.54) is 24.3 Å². The molecule has 1 aromatic carbocycles. The zero-order valence-corrected chi connectivity index (χ0v) is 7.54. The quantitative estimate of drug-likeness (QED) is 0.749. The normalized spacial score (nSPS) is 12.1. The molecule has 0 radical (unpaired) electrons. The van der Waals surface area contributed by atoms with Crippen molar-refractivity contribution in [1.82, 2.24) is 4.90 Å². The predicted molar refractivity (Wildman–Crippen MR) is 45.6 cm³/mol. The van der Waals surface area contributed by atoms with Crippen molar-refractivity contribution in [3.63, 3.8) is 0 Å². The van der Waals surface area contributed by atoms with Gasteiger partial charge in [0.25, 0.3) is 0 Å². The molecule has 0 saturated carbocycles. The summed E-state index contributed by atoms with van der Waals surface area (Å²) in [6.07, 6.45) is -4.32. The van der Waals surface area contributed by atoms with Crippen LogP contribution in [0.15, 0.2) is 24.3 Å². The number of rotatable bonds is 2. The minimum atomic E-state index is -4.32. The molecule has 0 aliphatic carbocycles. The van der Waals surface area contributed by atoms with Crippen molar-refractivity contribution in [2.45, 2.75) is 12.8 Å². The van der Waals surface area contributed by atoms with Gasteiger partial charge in [0.15, 0.2) is 0 Å². The molecule has 0 aliphatic heterocycles. The van der Waals surface area contributed by atoms with Crippen molar-refractivity contribution < 1.29 is 18.3 Å². The molecule has 1 aromatic rings. The maximum Gasteiger partial charge on any atom is 0.459 e. The first kappa shape index (κ1) is 10.8. The molecule has 0 bridgehead atoms. The second-order valence-corrected chi connectivity index (χ2v) is 2.99. The molecular formula is C9H10F3NO. The summed E-state index contributed by atoms with van der Waals surface area (Å²) in [6, 6.07) is 5.63. The molecule has 0 spiro atoms. The summed E-state index contributed by atoms with van der Waals surface area (Å²) in [7, 11) is 0.979. The van der Waals surface area contributed by atoms with E-state index in [2.05, 4.69) is 0 Å². The van der Waals surface area contributed by atoms with Crippen LogP contribution in [0.25, 0.3) is 0 Å². The van der Waals surface area contributed by atoms with Gasteiger partial charge in [0.05, 0.1) is 0 Å².